The molecule has 0 amide bonds. The standard InChI is InChI=1S/C28H19N4O.C19H16N3O.Ir/c1-19-30-25-17-22(15-16-26(25)33-19)28-31-29-18-32(28)27-23(20-9-4-2-5-10-20)13-8-14-24(27)21-11-6-3-7-12-21;1-12-5-4-6-13(2)18(12)22-10-9-20-19(22)15-7-8-17-16(11-15)21-14(3)23-17;/h2-14,16-18H,1H3;4-6,8-11H,1-3H3;/q2*-1;. The average molecular weight is 922 g/mol. The van der Waals surface area contributed by atoms with E-state index in [-0.39, 0.29) is 20.1 Å². The molecule has 4 heterocycles. The molecule has 0 aliphatic carbocycles. The maximum absolute atomic E-state index is 5.62. The van der Waals surface area contributed by atoms with Crippen LogP contribution in [0.1, 0.15) is 22.9 Å². The quantitative estimate of drug-likeness (QED) is 0.153. The van der Waals surface area contributed by atoms with E-state index in [4.69, 9.17) is 8.83 Å². The van der Waals surface area contributed by atoms with Crippen molar-refractivity contribution in [2.75, 3.05) is 0 Å². The van der Waals surface area contributed by atoms with E-state index in [0.29, 0.717) is 23.2 Å². The number of hydrogen-bond acceptors (Lipinski definition) is 7. The molecule has 0 saturated heterocycles. The van der Waals surface area contributed by atoms with Crippen LogP contribution in [0.5, 0.6) is 0 Å². The van der Waals surface area contributed by atoms with E-state index in [0.717, 1.165) is 67.2 Å². The molecule has 4 aromatic heterocycles. The molecule has 0 aliphatic heterocycles. The SMILES string of the molecule is Cc1nc2cc(-c3nccn3-c3c(C)cccc3C)[c-]cc2o1.Cc1nc2cc(-c3nncn3-c3c(-c4ccccc4)cccc3-c3ccccc3)[c-]cc2o1.[Ir]. The van der Waals surface area contributed by atoms with Gasteiger partial charge in [-0.1, -0.05) is 97.1 Å². The van der Waals surface area contributed by atoms with Gasteiger partial charge in [0.1, 0.15) is 6.33 Å². The van der Waals surface area contributed by atoms with Crippen molar-refractivity contribution in [3.05, 3.63) is 175 Å². The first-order valence-corrected chi connectivity index (χ1v) is 18.2. The molecule has 0 fully saturated rings. The maximum atomic E-state index is 5.62. The van der Waals surface area contributed by atoms with Crippen LogP contribution in [0.3, 0.4) is 0 Å². The van der Waals surface area contributed by atoms with Crippen LogP contribution in [-0.4, -0.2) is 34.3 Å². The molecule has 0 spiro atoms. The Hall–Kier alpha value is -6.74. The Labute approximate surface area is 343 Å². The first-order valence-electron chi connectivity index (χ1n) is 18.2. The summed E-state index contributed by atoms with van der Waals surface area (Å²) in [6, 6.07) is 47.5. The summed E-state index contributed by atoms with van der Waals surface area (Å²) in [5.74, 6) is 2.82. The minimum atomic E-state index is 0. The molecular formula is C47H35IrN7O2-2. The summed E-state index contributed by atoms with van der Waals surface area (Å²) in [6.07, 6.45) is 5.56. The summed E-state index contributed by atoms with van der Waals surface area (Å²) in [4.78, 5) is 13.4. The second-order valence-corrected chi connectivity index (χ2v) is 13.5. The van der Waals surface area contributed by atoms with Crippen molar-refractivity contribution in [1.29, 1.82) is 0 Å². The second-order valence-electron chi connectivity index (χ2n) is 13.5. The minimum absolute atomic E-state index is 0. The predicted octanol–water partition coefficient (Wildman–Crippen LogP) is 10.9. The monoisotopic (exact) mass is 922 g/mol. The molecule has 0 saturated carbocycles. The van der Waals surface area contributed by atoms with Crippen molar-refractivity contribution >= 4 is 22.2 Å². The van der Waals surface area contributed by atoms with Gasteiger partial charge in [0.25, 0.3) is 0 Å². The van der Waals surface area contributed by atoms with Crippen LogP contribution >= 0.6 is 0 Å². The van der Waals surface area contributed by atoms with Gasteiger partial charge in [0.15, 0.2) is 11.8 Å². The molecule has 10 heteroatoms. The summed E-state index contributed by atoms with van der Waals surface area (Å²) < 4.78 is 15.3. The number of benzene rings is 6. The zero-order valence-electron chi connectivity index (χ0n) is 31.6. The molecule has 0 bridgehead atoms. The number of imidazole rings is 1. The van der Waals surface area contributed by atoms with E-state index in [1.54, 1.807) is 6.33 Å². The third kappa shape index (κ3) is 7.24. The van der Waals surface area contributed by atoms with Gasteiger partial charge in [0.2, 0.25) is 0 Å². The van der Waals surface area contributed by atoms with Crippen LogP contribution in [0.25, 0.3) is 78.6 Å². The molecule has 0 aliphatic rings. The second kappa shape index (κ2) is 15.8. The fourth-order valence-corrected chi connectivity index (χ4v) is 7.19. The Bertz CT molecular complexity index is 2900. The number of nitrogens with zero attached hydrogens (tertiary/aromatic N) is 7. The molecular weight excluding hydrogens is 887 g/mol. The molecule has 6 aromatic carbocycles. The summed E-state index contributed by atoms with van der Waals surface area (Å²) in [5.41, 5.74) is 13.8. The number of aromatic nitrogens is 7. The topological polar surface area (TPSA) is 101 Å². The van der Waals surface area contributed by atoms with Crippen molar-refractivity contribution in [3.63, 3.8) is 0 Å². The zero-order valence-corrected chi connectivity index (χ0v) is 34.0. The van der Waals surface area contributed by atoms with Crippen LogP contribution in [0, 0.1) is 39.8 Å². The Kier molecular flexibility index (Phi) is 10.3. The van der Waals surface area contributed by atoms with Crippen LogP contribution in [0.2, 0.25) is 0 Å². The summed E-state index contributed by atoms with van der Waals surface area (Å²) >= 11 is 0. The van der Waals surface area contributed by atoms with E-state index in [1.807, 2.05) is 67.2 Å². The van der Waals surface area contributed by atoms with Gasteiger partial charge < -0.3 is 18.0 Å². The molecule has 57 heavy (non-hydrogen) atoms. The van der Waals surface area contributed by atoms with Gasteiger partial charge in [-0.15, -0.1) is 52.6 Å². The van der Waals surface area contributed by atoms with Gasteiger partial charge in [-0.25, -0.2) is 9.97 Å². The molecule has 1 radical (unpaired) electrons. The Balaban J connectivity index is 0.000000167. The van der Waals surface area contributed by atoms with Crippen molar-refractivity contribution in [2.45, 2.75) is 27.7 Å². The van der Waals surface area contributed by atoms with Gasteiger partial charge in [0.05, 0.1) is 28.5 Å². The van der Waals surface area contributed by atoms with E-state index in [9.17, 15) is 0 Å². The Morgan fingerprint density at radius 2 is 1.09 bits per heavy atom. The fraction of sp³-hybridized carbons (Fsp3) is 0.0851. The van der Waals surface area contributed by atoms with Crippen molar-refractivity contribution in [3.8, 4) is 56.4 Å². The van der Waals surface area contributed by atoms with Gasteiger partial charge in [-0.2, -0.15) is 5.10 Å². The number of hydrogen-bond donors (Lipinski definition) is 0. The molecule has 281 valence electrons. The minimum Gasteiger partial charge on any atom is -0.488 e. The third-order valence-electron chi connectivity index (χ3n) is 9.65. The van der Waals surface area contributed by atoms with Gasteiger partial charge in [0, 0.05) is 74.2 Å². The first-order chi connectivity index (χ1) is 27.4. The summed E-state index contributed by atoms with van der Waals surface area (Å²) in [6.45, 7) is 7.90. The normalized spacial score (nSPS) is 11.0. The van der Waals surface area contributed by atoms with E-state index in [1.165, 1.54) is 11.1 Å². The zero-order chi connectivity index (χ0) is 38.2. The van der Waals surface area contributed by atoms with E-state index in [2.05, 4.69) is 141 Å². The molecule has 0 N–H and O–H groups in total. The largest absolute Gasteiger partial charge is 0.488 e. The first kappa shape index (κ1) is 37.2. The average Bonchev–Trinajstić information content (AvgIpc) is 4.04. The number of fused-ring (bicyclic) bond motifs is 2. The van der Waals surface area contributed by atoms with Crippen molar-refractivity contribution in [1.82, 2.24) is 34.3 Å². The summed E-state index contributed by atoms with van der Waals surface area (Å²) in [5, 5.41) is 8.75. The number of para-hydroxylation sites is 2. The van der Waals surface area contributed by atoms with Gasteiger partial charge >= 0.3 is 0 Å². The molecule has 9 nitrogen and oxygen atoms in total. The Morgan fingerprint density at radius 1 is 0.561 bits per heavy atom. The number of rotatable bonds is 6. The molecule has 10 rings (SSSR count). The van der Waals surface area contributed by atoms with Crippen LogP contribution in [0.4, 0.5) is 0 Å². The molecule has 0 atom stereocenters. The Morgan fingerprint density at radius 3 is 1.65 bits per heavy atom. The number of oxazole rings is 2. The fourth-order valence-electron chi connectivity index (χ4n) is 7.19. The van der Waals surface area contributed by atoms with Crippen molar-refractivity contribution < 1.29 is 28.9 Å². The summed E-state index contributed by atoms with van der Waals surface area (Å²) in [7, 11) is 0. The van der Waals surface area contributed by atoms with Crippen LogP contribution in [-0.2, 0) is 20.1 Å². The van der Waals surface area contributed by atoms with Crippen molar-refractivity contribution in [2.24, 2.45) is 0 Å². The van der Waals surface area contributed by atoms with Gasteiger partial charge in [-0.05, 0) is 36.1 Å². The molecule has 0 unspecified atom stereocenters. The van der Waals surface area contributed by atoms with Crippen LogP contribution < -0.4 is 0 Å². The predicted molar refractivity (Wildman–Crippen MR) is 218 cm³/mol. The number of aryl methyl sites for hydroxylation is 4. The molecule has 10 aromatic rings. The smallest absolute Gasteiger partial charge is 0.180 e. The van der Waals surface area contributed by atoms with E-state index < -0.39 is 0 Å². The van der Waals surface area contributed by atoms with E-state index >= 15 is 0 Å². The third-order valence-corrected chi connectivity index (χ3v) is 9.65. The van der Waals surface area contributed by atoms with Gasteiger partial charge in [-0.3, -0.25) is 4.98 Å². The maximum Gasteiger partial charge on any atom is 0.180 e. The van der Waals surface area contributed by atoms with Crippen LogP contribution in [0.15, 0.2) is 149 Å².